The predicted octanol–water partition coefficient (Wildman–Crippen LogP) is 3.93. The quantitative estimate of drug-likeness (QED) is 0.546. The molecule has 3 aromatic rings. The maximum atomic E-state index is 13.1. The molecule has 0 bridgehead atoms. The van der Waals surface area contributed by atoms with Crippen molar-refractivity contribution < 1.29 is 9.18 Å². The summed E-state index contributed by atoms with van der Waals surface area (Å²) in [6.07, 6.45) is 1.69. The van der Waals surface area contributed by atoms with Gasteiger partial charge in [0.2, 0.25) is 5.96 Å². The van der Waals surface area contributed by atoms with E-state index >= 15 is 0 Å². The van der Waals surface area contributed by atoms with Crippen molar-refractivity contribution in [2.45, 2.75) is 13.5 Å². The molecule has 2 aromatic carbocycles. The number of nitrogens with one attached hydrogen (secondary N) is 2. The first-order valence-electron chi connectivity index (χ1n) is 8.46. The number of para-hydroxylation sites is 1. The monoisotopic (exact) mass is 362 g/mol. The fourth-order valence-electron chi connectivity index (χ4n) is 2.38. The summed E-state index contributed by atoms with van der Waals surface area (Å²) < 4.78 is 13.1. The maximum absolute atomic E-state index is 13.1. The number of pyridine rings is 1. The highest BCUT2D eigenvalue weighted by Crippen LogP contribution is 2.13. The second-order valence-electron chi connectivity index (χ2n) is 5.89. The number of hydrogen-bond acceptors (Lipinski definition) is 3. The molecule has 0 unspecified atom stereocenters. The Labute approximate surface area is 157 Å². The third kappa shape index (κ3) is 5.22. The first-order chi connectivity index (χ1) is 13.1. The van der Waals surface area contributed by atoms with Crippen molar-refractivity contribution in [2.75, 3.05) is 5.32 Å². The van der Waals surface area contributed by atoms with E-state index in [0.717, 1.165) is 16.9 Å². The molecule has 0 radical (unpaired) electrons. The van der Waals surface area contributed by atoms with Crippen LogP contribution < -0.4 is 10.6 Å². The van der Waals surface area contributed by atoms with E-state index in [0.29, 0.717) is 18.1 Å². The molecule has 1 amide bonds. The largest absolute Gasteiger partial charge is 0.326 e. The number of nitrogens with zero attached hydrogens (tertiary/aromatic N) is 2. The summed E-state index contributed by atoms with van der Waals surface area (Å²) in [7, 11) is 0. The molecule has 5 nitrogen and oxygen atoms in total. The molecule has 2 N–H and O–H groups in total. The minimum Gasteiger partial charge on any atom is -0.326 e. The highest BCUT2D eigenvalue weighted by Gasteiger charge is 2.10. The summed E-state index contributed by atoms with van der Waals surface area (Å²) in [5.41, 5.74) is 2.96. The summed E-state index contributed by atoms with van der Waals surface area (Å²) >= 11 is 0. The van der Waals surface area contributed by atoms with E-state index in [9.17, 15) is 9.18 Å². The Hall–Kier alpha value is -3.54. The molecule has 3 rings (SSSR count). The van der Waals surface area contributed by atoms with E-state index < -0.39 is 5.82 Å². The van der Waals surface area contributed by atoms with Gasteiger partial charge in [-0.2, -0.15) is 0 Å². The van der Waals surface area contributed by atoms with Gasteiger partial charge >= 0.3 is 0 Å². The lowest BCUT2D eigenvalue weighted by Crippen LogP contribution is -2.36. The van der Waals surface area contributed by atoms with Crippen LogP contribution in [0.1, 0.15) is 21.6 Å². The van der Waals surface area contributed by atoms with Crippen LogP contribution in [0.2, 0.25) is 0 Å². The zero-order valence-electron chi connectivity index (χ0n) is 14.8. The van der Waals surface area contributed by atoms with Crippen molar-refractivity contribution in [1.82, 2.24) is 10.3 Å². The number of carbonyl (C=O) groups excluding carboxylic acids is 1. The third-order valence-electron chi connectivity index (χ3n) is 3.86. The van der Waals surface area contributed by atoms with E-state index in [4.69, 9.17) is 0 Å². The average molecular weight is 362 g/mol. The molecule has 1 aromatic heterocycles. The maximum Gasteiger partial charge on any atom is 0.257 e. The van der Waals surface area contributed by atoms with Crippen LogP contribution in [0.4, 0.5) is 10.1 Å². The van der Waals surface area contributed by atoms with Crippen molar-refractivity contribution in [3.05, 3.63) is 95.6 Å². The zero-order valence-corrected chi connectivity index (χ0v) is 14.8. The van der Waals surface area contributed by atoms with Gasteiger partial charge in [-0.1, -0.05) is 24.3 Å². The number of aromatic nitrogens is 1. The summed E-state index contributed by atoms with van der Waals surface area (Å²) in [5, 5.41) is 5.89. The minimum atomic E-state index is -0.395. The Kier molecular flexibility index (Phi) is 5.89. The topological polar surface area (TPSA) is 66.4 Å². The van der Waals surface area contributed by atoms with Gasteiger partial charge in [-0.3, -0.25) is 15.1 Å². The number of benzene rings is 2. The van der Waals surface area contributed by atoms with E-state index in [1.54, 1.807) is 6.20 Å². The van der Waals surface area contributed by atoms with Gasteiger partial charge in [-0.25, -0.2) is 9.38 Å². The second kappa shape index (κ2) is 8.71. The molecule has 27 heavy (non-hydrogen) atoms. The second-order valence-corrected chi connectivity index (χ2v) is 5.89. The van der Waals surface area contributed by atoms with Crippen LogP contribution >= 0.6 is 0 Å². The van der Waals surface area contributed by atoms with Gasteiger partial charge in [0.25, 0.3) is 5.91 Å². The molecule has 0 spiro atoms. The van der Waals surface area contributed by atoms with Crippen molar-refractivity contribution >= 4 is 17.6 Å². The first kappa shape index (κ1) is 18.3. The number of anilines is 1. The van der Waals surface area contributed by atoms with Crippen molar-refractivity contribution in [2.24, 2.45) is 4.99 Å². The van der Waals surface area contributed by atoms with Crippen molar-refractivity contribution in [3.63, 3.8) is 0 Å². The number of carbonyl (C=O) groups is 1. The van der Waals surface area contributed by atoms with Crippen LogP contribution in [0, 0.1) is 12.7 Å². The molecule has 0 aliphatic carbocycles. The SMILES string of the molecule is Cc1ccccc1NC(=NCc1ccccn1)NC(=O)c1ccc(F)cc1. The highest BCUT2D eigenvalue weighted by atomic mass is 19.1. The standard InChI is InChI=1S/C21H19FN4O/c1-15-6-2-3-8-19(15)25-21(24-14-18-7-4-5-13-23-18)26-20(27)16-9-11-17(22)12-10-16/h2-13H,14H2,1H3,(H2,24,25,26,27). The number of rotatable bonds is 4. The van der Waals surface area contributed by atoms with Crippen LogP contribution in [-0.4, -0.2) is 16.9 Å². The number of guanidine groups is 1. The van der Waals surface area contributed by atoms with Gasteiger partial charge in [0.05, 0.1) is 12.2 Å². The van der Waals surface area contributed by atoms with Crippen LogP contribution in [0.5, 0.6) is 0 Å². The summed E-state index contributed by atoms with van der Waals surface area (Å²) in [6.45, 7) is 2.26. The molecular formula is C21H19FN4O. The summed E-state index contributed by atoms with van der Waals surface area (Å²) in [5.74, 6) is -0.478. The van der Waals surface area contributed by atoms with Crippen LogP contribution in [0.15, 0.2) is 77.9 Å². The van der Waals surface area contributed by atoms with Crippen molar-refractivity contribution in [1.29, 1.82) is 0 Å². The Morgan fingerprint density at radius 3 is 2.48 bits per heavy atom. The van der Waals surface area contributed by atoms with Crippen molar-refractivity contribution in [3.8, 4) is 0 Å². The van der Waals surface area contributed by atoms with E-state index in [1.807, 2.05) is 49.4 Å². The fraction of sp³-hybridized carbons (Fsp3) is 0.0952. The van der Waals surface area contributed by atoms with Crippen LogP contribution in [-0.2, 0) is 6.54 Å². The Morgan fingerprint density at radius 2 is 1.78 bits per heavy atom. The summed E-state index contributed by atoms with van der Waals surface area (Å²) in [6, 6.07) is 18.6. The molecule has 0 saturated heterocycles. The first-order valence-corrected chi connectivity index (χ1v) is 8.46. The lowest BCUT2D eigenvalue weighted by atomic mass is 10.2. The molecule has 136 valence electrons. The fourth-order valence-corrected chi connectivity index (χ4v) is 2.38. The molecule has 0 aliphatic heterocycles. The molecule has 0 aliphatic rings. The number of amides is 1. The predicted molar refractivity (Wildman–Crippen MR) is 104 cm³/mol. The van der Waals surface area contributed by atoms with Gasteiger partial charge in [0, 0.05) is 17.4 Å². The van der Waals surface area contributed by atoms with Crippen LogP contribution in [0.25, 0.3) is 0 Å². The van der Waals surface area contributed by atoms with Gasteiger partial charge in [-0.05, 0) is 55.0 Å². The van der Waals surface area contributed by atoms with Gasteiger partial charge in [-0.15, -0.1) is 0 Å². The smallest absolute Gasteiger partial charge is 0.257 e. The molecule has 0 saturated carbocycles. The van der Waals surface area contributed by atoms with E-state index in [2.05, 4.69) is 20.6 Å². The molecule has 1 heterocycles. The number of hydrogen-bond donors (Lipinski definition) is 2. The van der Waals surface area contributed by atoms with Gasteiger partial charge in [0.1, 0.15) is 5.82 Å². The Balaban J connectivity index is 1.81. The van der Waals surface area contributed by atoms with E-state index in [-0.39, 0.29) is 5.91 Å². The lowest BCUT2D eigenvalue weighted by Gasteiger charge is -2.13. The highest BCUT2D eigenvalue weighted by molar-refractivity contribution is 6.10. The van der Waals surface area contributed by atoms with Gasteiger partial charge in [0.15, 0.2) is 0 Å². The summed E-state index contributed by atoms with van der Waals surface area (Å²) in [4.78, 5) is 21.2. The number of aryl methyl sites for hydroxylation is 1. The molecule has 0 fully saturated rings. The number of halogens is 1. The van der Waals surface area contributed by atoms with Gasteiger partial charge < -0.3 is 5.32 Å². The molecule has 0 atom stereocenters. The number of aliphatic imine (C=N–C) groups is 1. The molecular weight excluding hydrogens is 343 g/mol. The zero-order chi connectivity index (χ0) is 19.1. The minimum absolute atomic E-state index is 0.296. The lowest BCUT2D eigenvalue weighted by molar-refractivity contribution is 0.0977. The Bertz CT molecular complexity index is 940. The normalized spacial score (nSPS) is 11.1. The third-order valence-corrected chi connectivity index (χ3v) is 3.86. The Morgan fingerprint density at radius 1 is 1.04 bits per heavy atom. The molecule has 6 heteroatoms. The van der Waals surface area contributed by atoms with E-state index in [1.165, 1.54) is 24.3 Å². The van der Waals surface area contributed by atoms with Crippen LogP contribution in [0.3, 0.4) is 0 Å². The average Bonchev–Trinajstić information content (AvgIpc) is 2.69.